The van der Waals surface area contributed by atoms with Crippen molar-refractivity contribution in [2.75, 3.05) is 0 Å². The van der Waals surface area contributed by atoms with Gasteiger partial charge in [0.15, 0.2) is 0 Å². The first kappa shape index (κ1) is 17.7. The molecule has 3 rings (SSSR count). The molecule has 0 radical (unpaired) electrons. The number of amides is 1. The molecule has 0 aliphatic carbocycles. The van der Waals surface area contributed by atoms with Crippen molar-refractivity contribution in [1.29, 1.82) is 0 Å². The molecule has 0 aliphatic heterocycles. The number of aromatic nitrogens is 3. The van der Waals surface area contributed by atoms with Crippen LogP contribution in [0.5, 0.6) is 0 Å². The minimum atomic E-state index is -0.410. The summed E-state index contributed by atoms with van der Waals surface area (Å²) in [5.74, 6) is -0.712. The van der Waals surface area contributed by atoms with E-state index in [0.717, 1.165) is 0 Å². The molecule has 0 bridgehead atoms. The molecule has 1 amide bonds. The van der Waals surface area contributed by atoms with Crippen molar-refractivity contribution in [2.24, 2.45) is 0 Å². The number of rotatable bonds is 6. The Labute approximate surface area is 149 Å². The summed E-state index contributed by atoms with van der Waals surface area (Å²) in [5.41, 5.74) is 0.616. The first-order chi connectivity index (χ1) is 12.6. The molecule has 6 nitrogen and oxygen atoms in total. The van der Waals surface area contributed by atoms with Gasteiger partial charge in [-0.15, -0.1) is 5.10 Å². The van der Waals surface area contributed by atoms with Crippen molar-refractivity contribution in [3.05, 3.63) is 70.3 Å². The van der Waals surface area contributed by atoms with Crippen LogP contribution in [-0.2, 0) is 17.8 Å². The average Bonchev–Trinajstić information content (AvgIpc) is 2.65. The van der Waals surface area contributed by atoms with E-state index >= 15 is 0 Å². The summed E-state index contributed by atoms with van der Waals surface area (Å²) in [6.07, 6.45) is 0.547. The Morgan fingerprint density at radius 2 is 1.92 bits per heavy atom. The number of benzene rings is 2. The summed E-state index contributed by atoms with van der Waals surface area (Å²) in [6, 6.07) is 12.8. The van der Waals surface area contributed by atoms with Gasteiger partial charge in [-0.25, -0.2) is 9.07 Å². The molecule has 0 fully saturated rings. The largest absolute Gasteiger partial charge is 0.351 e. The molecule has 1 N–H and O–H groups in total. The maximum absolute atomic E-state index is 13.7. The van der Waals surface area contributed by atoms with Crippen molar-refractivity contribution < 1.29 is 9.18 Å². The molecule has 134 valence electrons. The molecule has 0 aliphatic rings. The highest BCUT2D eigenvalue weighted by Crippen LogP contribution is 2.08. The number of fused-ring (bicyclic) bond motifs is 1. The van der Waals surface area contributed by atoms with Crippen LogP contribution in [0.2, 0.25) is 0 Å². The van der Waals surface area contributed by atoms with Gasteiger partial charge in [-0.2, -0.15) is 0 Å². The predicted octanol–water partition coefficient (Wildman–Crippen LogP) is 2.07. The van der Waals surface area contributed by atoms with E-state index < -0.39 is 5.82 Å². The second kappa shape index (κ2) is 7.86. The highest BCUT2D eigenvalue weighted by molar-refractivity contribution is 5.79. The van der Waals surface area contributed by atoms with Crippen LogP contribution in [0.3, 0.4) is 0 Å². The van der Waals surface area contributed by atoms with E-state index in [0.29, 0.717) is 22.9 Å². The lowest BCUT2D eigenvalue weighted by Crippen LogP contribution is -2.41. The van der Waals surface area contributed by atoms with Crippen molar-refractivity contribution in [1.82, 2.24) is 20.3 Å². The first-order valence-corrected chi connectivity index (χ1v) is 8.43. The van der Waals surface area contributed by atoms with Gasteiger partial charge in [-0.05, 0) is 30.2 Å². The summed E-state index contributed by atoms with van der Waals surface area (Å²) >= 11 is 0. The van der Waals surface area contributed by atoms with Gasteiger partial charge in [0.2, 0.25) is 5.91 Å². The minimum Gasteiger partial charge on any atom is -0.351 e. The maximum atomic E-state index is 13.7. The van der Waals surface area contributed by atoms with Gasteiger partial charge in [-0.3, -0.25) is 9.59 Å². The van der Waals surface area contributed by atoms with Crippen molar-refractivity contribution >= 4 is 16.8 Å². The number of halogens is 1. The van der Waals surface area contributed by atoms with Crippen molar-refractivity contribution in [3.8, 4) is 0 Å². The zero-order valence-corrected chi connectivity index (χ0v) is 14.4. The fourth-order valence-corrected chi connectivity index (χ4v) is 2.72. The number of carbonyl (C=O) groups excluding carboxylic acids is 1. The van der Waals surface area contributed by atoms with Crippen LogP contribution in [0.1, 0.15) is 18.9 Å². The second-order valence-electron chi connectivity index (χ2n) is 6.03. The smallest absolute Gasteiger partial charge is 0.277 e. The summed E-state index contributed by atoms with van der Waals surface area (Å²) in [4.78, 5) is 24.7. The number of hydrogen-bond donors (Lipinski definition) is 1. The Kier molecular flexibility index (Phi) is 5.36. The molecule has 0 saturated carbocycles. The zero-order chi connectivity index (χ0) is 18.5. The Morgan fingerprint density at radius 3 is 2.69 bits per heavy atom. The lowest BCUT2D eigenvalue weighted by Gasteiger charge is -2.17. The fourth-order valence-electron chi connectivity index (χ4n) is 2.72. The highest BCUT2D eigenvalue weighted by atomic mass is 19.1. The summed E-state index contributed by atoms with van der Waals surface area (Å²) in [5, 5.41) is 11.3. The van der Waals surface area contributed by atoms with E-state index in [1.165, 1.54) is 10.7 Å². The topological polar surface area (TPSA) is 76.9 Å². The Balaban J connectivity index is 1.72. The van der Waals surface area contributed by atoms with Crippen LogP contribution in [0.15, 0.2) is 53.3 Å². The quantitative estimate of drug-likeness (QED) is 0.735. The van der Waals surface area contributed by atoms with Gasteiger partial charge >= 0.3 is 0 Å². The maximum Gasteiger partial charge on any atom is 0.277 e. The van der Waals surface area contributed by atoms with E-state index in [4.69, 9.17) is 0 Å². The van der Waals surface area contributed by atoms with Gasteiger partial charge in [0, 0.05) is 6.04 Å². The fraction of sp³-hybridized carbons (Fsp3) is 0.263. The molecule has 1 aromatic heterocycles. The predicted molar refractivity (Wildman–Crippen MR) is 96.1 cm³/mol. The first-order valence-electron chi connectivity index (χ1n) is 8.43. The molecular formula is C19H19FN4O2. The molecule has 26 heavy (non-hydrogen) atoms. The minimum absolute atomic E-state index is 0.0541. The molecule has 2 aromatic carbocycles. The van der Waals surface area contributed by atoms with Crippen LogP contribution in [-0.4, -0.2) is 26.9 Å². The monoisotopic (exact) mass is 354 g/mol. The van der Waals surface area contributed by atoms with E-state index in [-0.39, 0.29) is 30.5 Å². The van der Waals surface area contributed by atoms with E-state index in [1.807, 2.05) is 6.92 Å². The van der Waals surface area contributed by atoms with Crippen LogP contribution in [0.25, 0.3) is 10.9 Å². The van der Waals surface area contributed by atoms with Gasteiger partial charge < -0.3 is 5.32 Å². The zero-order valence-electron chi connectivity index (χ0n) is 14.4. The molecule has 0 spiro atoms. The molecular weight excluding hydrogens is 335 g/mol. The third-order valence-electron chi connectivity index (χ3n) is 4.19. The van der Waals surface area contributed by atoms with Crippen molar-refractivity contribution in [2.45, 2.75) is 32.4 Å². The second-order valence-corrected chi connectivity index (χ2v) is 6.03. The molecule has 0 saturated heterocycles. The SMILES string of the molecule is CC[C@@H](Cn1nnc2ccccc2c1=O)NC(=O)Cc1ccccc1F. The van der Waals surface area contributed by atoms with Gasteiger partial charge in [0.25, 0.3) is 5.56 Å². The van der Waals surface area contributed by atoms with Crippen LogP contribution < -0.4 is 10.9 Å². The lowest BCUT2D eigenvalue weighted by molar-refractivity contribution is -0.121. The Morgan fingerprint density at radius 1 is 1.19 bits per heavy atom. The number of carbonyl (C=O) groups is 1. The molecule has 1 heterocycles. The number of nitrogens with one attached hydrogen (secondary N) is 1. The third-order valence-corrected chi connectivity index (χ3v) is 4.19. The number of nitrogens with zero attached hydrogens (tertiary/aromatic N) is 3. The molecule has 7 heteroatoms. The molecule has 1 atom stereocenters. The van der Waals surface area contributed by atoms with E-state index in [1.54, 1.807) is 42.5 Å². The Bertz CT molecular complexity index is 986. The van der Waals surface area contributed by atoms with E-state index in [9.17, 15) is 14.0 Å². The van der Waals surface area contributed by atoms with Gasteiger partial charge in [0.1, 0.15) is 11.3 Å². The molecule has 0 unspecified atom stereocenters. The van der Waals surface area contributed by atoms with Crippen LogP contribution in [0.4, 0.5) is 4.39 Å². The van der Waals surface area contributed by atoms with Crippen LogP contribution >= 0.6 is 0 Å². The standard InChI is InChI=1S/C19H19FN4O2/c1-2-14(21-18(25)11-13-7-3-5-9-16(13)20)12-24-19(26)15-8-4-6-10-17(15)22-23-24/h3-10,14H,2,11-12H2,1H3,(H,21,25)/t14-/m0/s1. The van der Waals surface area contributed by atoms with Gasteiger partial charge in [0.05, 0.1) is 18.4 Å². The third kappa shape index (κ3) is 3.93. The highest BCUT2D eigenvalue weighted by Gasteiger charge is 2.15. The number of hydrogen-bond acceptors (Lipinski definition) is 4. The summed E-state index contributed by atoms with van der Waals surface area (Å²) in [7, 11) is 0. The van der Waals surface area contributed by atoms with E-state index in [2.05, 4.69) is 15.6 Å². The van der Waals surface area contributed by atoms with Crippen LogP contribution in [0, 0.1) is 5.82 Å². The van der Waals surface area contributed by atoms with Crippen molar-refractivity contribution in [3.63, 3.8) is 0 Å². The molecule has 3 aromatic rings. The summed E-state index contributed by atoms with van der Waals surface area (Å²) in [6.45, 7) is 2.10. The Hall–Kier alpha value is -3.09. The lowest BCUT2D eigenvalue weighted by atomic mass is 10.1. The average molecular weight is 354 g/mol. The normalized spacial score (nSPS) is 12.1. The van der Waals surface area contributed by atoms with Gasteiger partial charge in [-0.1, -0.05) is 42.5 Å². The summed E-state index contributed by atoms with van der Waals surface area (Å²) < 4.78 is 14.9.